The second kappa shape index (κ2) is 8.12. The zero-order valence-corrected chi connectivity index (χ0v) is 12.1. The summed E-state index contributed by atoms with van der Waals surface area (Å²) in [7, 11) is 0. The van der Waals surface area contributed by atoms with E-state index < -0.39 is 6.10 Å². The van der Waals surface area contributed by atoms with Crippen molar-refractivity contribution in [2.75, 3.05) is 20.0 Å². The fraction of sp³-hybridized carbons (Fsp3) is 0.625. The third kappa shape index (κ3) is 4.39. The molecule has 4 nitrogen and oxygen atoms in total. The van der Waals surface area contributed by atoms with E-state index >= 15 is 0 Å². The molecule has 1 N–H and O–H groups in total. The number of unbranched alkanes of at least 4 members (excludes halogenated alkanes) is 4. The minimum absolute atomic E-state index is 0.253. The van der Waals surface area contributed by atoms with Crippen molar-refractivity contribution in [2.45, 2.75) is 45.1 Å². The quantitative estimate of drug-likeness (QED) is 0.704. The molecule has 1 unspecified atom stereocenters. The molecule has 0 fully saturated rings. The molecule has 1 aliphatic rings. The summed E-state index contributed by atoms with van der Waals surface area (Å²) in [6, 6.07) is 5.49. The number of hydrogen-bond acceptors (Lipinski definition) is 4. The van der Waals surface area contributed by atoms with E-state index in [1.54, 1.807) is 0 Å². The van der Waals surface area contributed by atoms with E-state index in [0.717, 1.165) is 17.7 Å². The molecule has 0 aromatic heterocycles. The maximum Gasteiger partial charge on any atom is 0.231 e. The fourth-order valence-corrected chi connectivity index (χ4v) is 2.22. The van der Waals surface area contributed by atoms with Crippen LogP contribution in [0.2, 0.25) is 0 Å². The summed E-state index contributed by atoms with van der Waals surface area (Å²) in [4.78, 5) is 0. The maximum atomic E-state index is 10.1. The van der Waals surface area contributed by atoms with Crippen molar-refractivity contribution in [2.24, 2.45) is 0 Å². The van der Waals surface area contributed by atoms with Gasteiger partial charge in [-0.2, -0.15) is 0 Å². The van der Waals surface area contributed by atoms with Gasteiger partial charge >= 0.3 is 0 Å². The summed E-state index contributed by atoms with van der Waals surface area (Å²) in [6.45, 7) is 3.50. The van der Waals surface area contributed by atoms with Crippen LogP contribution in [-0.4, -0.2) is 25.1 Å². The third-order valence-electron chi connectivity index (χ3n) is 3.45. The lowest BCUT2D eigenvalue weighted by molar-refractivity contribution is 0.0343. The van der Waals surface area contributed by atoms with Crippen molar-refractivity contribution in [3.8, 4) is 11.5 Å². The van der Waals surface area contributed by atoms with Gasteiger partial charge in [-0.25, -0.2) is 0 Å². The molecule has 1 heterocycles. The zero-order chi connectivity index (χ0) is 14.2. The second-order valence-corrected chi connectivity index (χ2v) is 5.12. The number of ether oxygens (including phenoxy) is 3. The minimum atomic E-state index is -0.611. The Balaban J connectivity index is 1.66. The Morgan fingerprint density at radius 3 is 2.80 bits per heavy atom. The monoisotopic (exact) mass is 280 g/mol. The summed E-state index contributed by atoms with van der Waals surface area (Å²) >= 11 is 0. The van der Waals surface area contributed by atoms with E-state index in [2.05, 4.69) is 6.92 Å². The van der Waals surface area contributed by atoms with Crippen LogP contribution in [0, 0.1) is 0 Å². The second-order valence-electron chi connectivity index (χ2n) is 5.12. The molecular weight excluding hydrogens is 256 g/mol. The standard InChI is InChI=1S/C16H24O4/c1-2-3-4-5-6-9-18-11-14(17)13-7-8-15-16(10-13)20-12-19-15/h7-8,10,14,17H,2-6,9,11-12H2,1H3. The highest BCUT2D eigenvalue weighted by Gasteiger charge is 2.16. The predicted molar refractivity (Wildman–Crippen MR) is 77.1 cm³/mol. The molecule has 0 amide bonds. The van der Waals surface area contributed by atoms with Crippen molar-refractivity contribution in [3.05, 3.63) is 23.8 Å². The Morgan fingerprint density at radius 1 is 1.15 bits per heavy atom. The molecule has 0 saturated carbocycles. The Labute approximate surface area is 120 Å². The maximum absolute atomic E-state index is 10.1. The Morgan fingerprint density at radius 2 is 1.95 bits per heavy atom. The molecule has 4 heteroatoms. The van der Waals surface area contributed by atoms with Gasteiger partial charge in [0.1, 0.15) is 6.10 Å². The van der Waals surface area contributed by atoms with Crippen LogP contribution in [0.4, 0.5) is 0 Å². The van der Waals surface area contributed by atoms with Gasteiger partial charge in [-0.3, -0.25) is 0 Å². The van der Waals surface area contributed by atoms with Gasteiger partial charge in [0.2, 0.25) is 6.79 Å². The van der Waals surface area contributed by atoms with E-state index in [1.807, 2.05) is 18.2 Å². The lowest BCUT2D eigenvalue weighted by Gasteiger charge is -2.12. The molecule has 1 atom stereocenters. The number of aliphatic hydroxyl groups is 1. The lowest BCUT2D eigenvalue weighted by Crippen LogP contribution is -2.08. The van der Waals surface area contributed by atoms with E-state index in [4.69, 9.17) is 14.2 Å². The summed E-state index contributed by atoms with van der Waals surface area (Å²) in [6.07, 6.45) is 5.47. The number of benzene rings is 1. The van der Waals surface area contributed by atoms with Crippen molar-refractivity contribution in [1.29, 1.82) is 0 Å². The first-order chi connectivity index (χ1) is 9.81. The molecule has 0 bridgehead atoms. The van der Waals surface area contributed by atoms with Gasteiger partial charge in [0.15, 0.2) is 11.5 Å². The predicted octanol–water partition coefficient (Wildman–Crippen LogP) is 3.44. The molecule has 1 aromatic carbocycles. The van der Waals surface area contributed by atoms with E-state index in [1.165, 1.54) is 25.7 Å². The summed E-state index contributed by atoms with van der Waals surface area (Å²) in [5, 5.41) is 10.1. The molecule has 112 valence electrons. The Kier molecular flexibility index (Phi) is 6.15. The van der Waals surface area contributed by atoms with Gasteiger partial charge in [-0.15, -0.1) is 0 Å². The zero-order valence-electron chi connectivity index (χ0n) is 12.1. The molecule has 2 rings (SSSR count). The van der Waals surface area contributed by atoms with Gasteiger partial charge in [-0.05, 0) is 24.1 Å². The minimum Gasteiger partial charge on any atom is -0.454 e. The SMILES string of the molecule is CCCCCCCOCC(O)c1ccc2c(c1)OCO2. The molecular formula is C16H24O4. The molecule has 1 aromatic rings. The molecule has 0 spiro atoms. The highest BCUT2D eigenvalue weighted by atomic mass is 16.7. The molecule has 1 aliphatic heterocycles. The van der Waals surface area contributed by atoms with Gasteiger partial charge in [-0.1, -0.05) is 38.7 Å². The van der Waals surface area contributed by atoms with E-state index in [9.17, 15) is 5.11 Å². The van der Waals surface area contributed by atoms with Crippen LogP contribution in [0.5, 0.6) is 11.5 Å². The van der Waals surface area contributed by atoms with Gasteiger partial charge in [0.05, 0.1) is 6.61 Å². The largest absolute Gasteiger partial charge is 0.454 e. The number of rotatable bonds is 9. The molecule has 0 aliphatic carbocycles. The Hall–Kier alpha value is -1.26. The smallest absolute Gasteiger partial charge is 0.231 e. The van der Waals surface area contributed by atoms with Crippen LogP contribution in [0.1, 0.15) is 50.7 Å². The number of aliphatic hydroxyl groups excluding tert-OH is 1. The van der Waals surface area contributed by atoms with Crippen molar-refractivity contribution < 1.29 is 19.3 Å². The van der Waals surface area contributed by atoms with E-state index in [0.29, 0.717) is 19.0 Å². The van der Waals surface area contributed by atoms with Crippen LogP contribution in [0.15, 0.2) is 18.2 Å². The normalized spacial score (nSPS) is 14.5. The van der Waals surface area contributed by atoms with Crippen LogP contribution in [0.3, 0.4) is 0 Å². The highest BCUT2D eigenvalue weighted by molar-refractivity contribution is 5.45. The van der Waals surface area contributed by atoms with Gasteiger partial charge < -0.3 is 19.3 Å². The van der Waals surface area contributed by atoms with Crippen LogP contribution < -0.4 is 9.47 Å². The average molecular weight is 280 g/mol. The Bertz CT molecular complexity index is 405. The summed E-state index contributed by atoms with van der Waals surface area (Å²) in [5.41, 5.74) is 0.806. The fourth-order valence-electron chi connectivity index (χ4n) is 2.22. The average Bonchev–Trinajstić information content (AvgIpc) is 2.93. The first-order valence-electron chi connectivity index (χ1n) is 7.46. The van der Waals surface area contributed by atoms with Crippen LogP contribution in [0.25, 0.3) is 0 Å². The van der Waals surface area contributed by atoms with Crippen LogP contribution >= 0.6 is 0 Å². The highest BCUT2D eigenvalue weighted by Crippen LogP contribution is 2.34. The third-order valence-corrected chi connectivity index (χ3v) is 3.45. The van der Waals surface area contributed by atoms with Gasteiger partial charge in [0, 0.05) is 6.61 Å². The first kappa shape index (κ1) is 15.1. The van der Waals surface area contributed by atoms with E-state index in [-0.39, 0.29) is 6.79 Å². The van der Waals surface area contributed by atoms with Crippen molar-refractivity contribution in [3.63, 3.8) is 0 Å². The summed E-state index contributed by atoms with van der Waals surface area (Å²) < 4.78 is 16.1. The van der Waals surface area contributed by atoms with Gasteiger partial charge in [0.25, 0.3) is 0 Å². The van der Waals surface area contributed by atoms with Crippen molar-refractivity contribution >= 4 is 0 Å². The topological polar surface area (TPSA) is 47.9 Å². The molecule has 20 heavy (non-hydrogen) atoms. The lowest BCUT2D eigenvalue weighted by atomic mass is 10.1. The molecule has 0 saturated heterocycles. The number of fused-ring (bicyclic) bond motifs is 1. The number of hydrogen-bond donors (Lipinski definition) is 1. The molecule has 0 radical (unpaired) electrons. The first-order valence-corrected chi connectivity index (χ1v) is 7.46. The summed E-state index contributed by atoms with van der Waals surface area (Å²) in [5.74, 6) is 1.43. The van der Waals surface area contributed by atoms with Crippen molar-refractivity contribution in [1.82, 2.24) is 0 Å². The van der Waals surface area contributed by atoms with Crippen LogP contribution in [-0.2, 0) is 4.74 Å².